The third kappa shape index (κ3) is 2.98. The molecule has 1 heterocycles. The van der Waals surface area contributed by atoms with Crippen molar-refractivity contribution >= 4 is 31.6 Å². The first-order valence-corrected chi connectivity index (χ1v) is 8.34. The van der Waals surface area contributed by atoms with Crippen LogP contribution in [0.15, 0.2) is 21.5 Å². The molecule has 0 aromatic heterocycles. The smallest absolute Gasteiger partial charge is 0.245 e. The van der Waals surface area contributed by atoms with Crippen molar-refractivity contribution in [3.05, 3.63) is 22.4 Å². The average Bonchev–Trinajstić information content (AvgIpc) is 2.32. The second-order valence-electron chi connectivity index (χ2n) is 5.24. The van der Waals surface area contributed by atoms with E-state index < -0.39 is 21.4 Å². The quantitative estimate of drug-likeness (QED) is 0.780. The Morgan fingerprint density at radius 2 is 2.15 bits per heavy atom. The lowest BCUT2D eigenvalue weighted by atomic mass is 9.97. The van der Waals surface area contributed by atoms with Gasteiger partial charge in [-0.05, 0) is 47.8 Å². The lowest BCUT2D eigenvalue weighted by Crippen LogP contribution is -2.48. The van der Waals surface area contributed by atoms with E-state index in [9.17, 15) is 17.9 Å². The average molecular weight is 367 g/mol. The van der Waals surface area contributed by atoms with Gasteiger partial charge in [-0.3, -0.25) is 0 Å². The number of hydrogen-bond donors (Lipinski definition) is 2. The highest BCUT2D eigenvalue weighted by molar-refractivity contribution is 9.10. The number of halogens is 2. The molecule has 20 heavy (non-hydrogen) atoms. The zero-order valence-corrected chi connectivity index (χ0v) is 13.3. The minimum Gasteiger partial charge on any atom is -0.398 e. The van der Waals surface area contributed by atoms with Crippen LogP contribution < -0.4 is 5.73 Å². The Hall–Kier alpha value is -0.700. The van der Waals surface area contributed by atoms with Gasteiger partial charge in [0.1, 0.15) is 10.7 Å². The van der Waals surface area contributed by atoms with Crippen molar-refractivity contribution in [2.24, 2.45) is 0 Å². The molecule has 1 fully saturated rings. The molecule has 5 nitrogen and oxygen atoms in total. The number of nitrogen functional groups attached to an aromatic ring is 1. The lowest BCUT2D eigenvalue weighted by Gasteiger charge is -2.36. The van der Waals surface area contributed by atoms with Gasteiger partial charge in [0, 0.05) is 13.1 Å². The summed E-state index contributed by atoms with van der Waals surface area (Å²) in [4.78, 5) is -0.150. The van der Waals surface area contributed by atoms with Gasteiger partial charge in [0.15, 0.2) is 0 Å². The van der Waals surface area contributed by atoms with Crippen molar-refractivity contribution in [3.63, 3.8) is 0 Å². The first-order chi connectivity index (χ1) is 9.13. The maximum absolute atomic E-state index is 13.3. The number of aliphatic hydroxyl groups is 1. The molecule has 0 bridgehead atoms. The molecule has 1 unspecified atom stereocenters. The molecule has 8 heteroatoms. The van der Waals surface area contributed by atoms with Gasteiger partial charge in [-0.1, -0.05) is 0 Å². The van der Waals surface area contributed by atoms with Crippen LogP contribution in [0.2, 0.25) is 0 Å². The number of sulfonamides is 1. The highest BCUT2D eigenvalue weighted by Crippen LogP contribution is 2.31. The number of nitrogens with zero attached hydrogens (tertiary/aromatic N) is 1. The minimum atomic E-state index is -3.85. The zero-order chi connectivity index (χ0) is 15.1. The number of piperidine rings is 1. The number of nitrogens with two attached hydrogens (primary N) is 1. The molecule has 1 aliphatic rings. The summed E-state index contributed by atoms with van der Waals surface area (Å²) in [5, 5.41) is 10.0. The van der Waals surface area contributed by atoms with E-state index >= 15 is 0 Å². The van der Waals surface area contributed by atoms with Gasteiger partial charge < -0.3 is 10.8 Å². The van der Waals surface area contributed by atoms with Crippen molar-refractivity contribution < 1.29 is 17.9 Å². The summed E-state index contributed by atoms with van der Waals surface area (Å²) in [6.45, 7) is 1.91. The van der Waals surface area contributed by atoms with Crippen LogP contribution in [0.1, 0.15) is 19.8 Å². The van der Waals surface area contributed by atoms with Crippen LogP contribution in [0.3, 0.4) is 0 Å². The Balaban J connectivity index is 2.43. The Kier molecular flexibility index (Phi) is 4.12. The summed E-state index contributed by atoms with van der Waals surface area (Å²) in [7, 11) is -3.85. The summed E-state index contributed by atoms with van der Waals surface area (Å²) >= 11 is 2.96. The van der Waals surface area contributed by atoms with Gasteiger partial charge in [-0.2, -0.15) is 4.31 Å². The van der Waals surface area contributed by atoms with E-state index in [1.807, 2.05) is 0 Å². The highest BCUT2D eigenvalue weighted by Gasteiger charge is 2.36. The van der Waals surface area contributed by atoms with E-state index in [-0.39, 0.29) is 21.6 Å². The van der Waals surface area contributed by atoms with Gasteiger partial charge in [-0.25, -0.2) is 12.8 Å². The third-order valence-corrected chi connectivity index (χ3v) is 5.82. The third-order valence-electron chi connectivity index (χ3n) is 3.31. The molecule has 1 atom stereocenters. The van der Waals surface area contributed by atoms with Crippen molar-refractivity contribution in [1.29, 1.82) is 0 Å². The standard InChI is InChI=1S/C12H16BrFN2O3S/c1-12(17)3-2-4-16(7-12)20(18,19)11-5-8(13)9(14)6-10(11)15/h5-6,17H,2-4,7,15H2,1H3. The van der Waals surface area contributed by atoms with Gasteiger partial charge in [0.05, 0.1) is 15.8 Å². The largest absolute Gasteiger partial charge is 0.398 e. The minimum absolute atomic E-state index is 0.00374. The summed E-state index contributed by atoms with van der Waals surface area (Å²) in [6.07, 6.45) is 1.11. The Bertz CT molecular complexity index is 634. The van der Waals surface area contributed by atoms with E-state index in [0.29, 0.717) is 19.4 Å². The molecule has 3 N–H and O–H groups in total. The fourth-order valence-electron chi connectivity index (χ4n) is 2.29. The number of β-amino-alcohol motifs (C(OH)–C–C–N with tert-alkyl or cyclic N) is 1. The van der Waals surface area contributed by atoms with Gasteiger partial charge in [0.25, 0.3) is 0 Å². The van der Waals surface area contributed by atoms with Gasteiger partial charge >= 0.3 is 0 Å². The zero-order valence-electron chi connectivity index (χ0n) is 10.9. The SMILES string of the molecule is CC1(O)CCCN(S(=O)(=O)c2cc(Br)c(F)cc2N)C1. The maximum Gasteiger partial charge on any atom is 0.245 e. The maximum atomic E-state index is 13.3. The first kappa shape index (κ1) is 15.7. The molecule has 1 aromatic rings. The highest BCUT2D eigenvalue weighted by atomic mass is 79.9. The van der Waals surface area contributed by atoms with E-state index in [0.717, 1.165) is 12.1 Å². The molecule has 0 amide bonds. The first-order valence-electron chi connectivity index (χ1n) is 6.10. The molecule has 112 valence electrons. The second-order valence-corrected chi connectivity index (χ2v) is 8.00. The molecule has 0 saturated carbocycles. The number of hydrogen-bond acceptors (Lipinski definition) is 4. The predicted octanol–water partition coefficient (Wildman–Crippen LogP) is 1.71. The second kappa shape index (κ2) is 5.25. The Morgan fingerprint density at radius 1 is 1.50 bits per heavy atom. The summed E-state index contributed by atoms with van der Waals surface area (Å²) in [5.41, 5.74) is 4.42. The van der Waals surface area contributed by atoms with Crippen LogP contribution in [0.5, 0.6) is 0 Å². The monoisotopic (exact) mass is 366 g/mol. The molecule has 1 aliphatic heterocycles. The van der Waals surface area contributed by atoms with E-state index in [4.69, 9.17) is 5.73 Å². The van der Waals surface area contributed by atoms with Crippen molar-refractivity contribution in [2.75, 3.05) is 18.8 Å². The van der Waals surface area contributed by atoms with Crippen LogP contribution in [0, 0.1) is 5.82 Å². The number of benzene rings is 1. The van der Waals surface area contributed by atoms with Crippen LogP contribution >= 0.6 is 15.9 Å². The Labute approximate surface area is 125 Å². The summed E-state index contributed by atoms with van der Waals surface area (Å²) in [5.74, 6) is -0.618. The lowest BCUT2D eigenvalue weighted by molar-refractivity contribution is 0.00940. The van der Waals surface area contributed by atoms with Crippen molar-refractivity contribution in [3.8, 4) is 0 Å². The molecule has 1 saturated heterocycles. The van der Waals surface area contributed by atoms with Crippen LogP contribution in [0.25, 0.3) is 0 Å². The predicted molar refractivity (Wildman–Crippen MR) is 77.1 cm³/mol. The summed E-state index contributed by atoms with van der Waals surface area (Å²) < 4.78 is 39.7. The molecule has 1 aromatic carbocycles. The van der Waals surface area contributed by atoms with Crippen molar-refractivity contribution in [1.82, 2.24) is 4.31 Å². The fraction of sp³-hybridized carbons (Fsp3) is 0.500. The number of rotatable bonds is 2. The van der Waals surface area contributed by atoms with Gasteiger partial charge in [0.2, 0.25) is 10.0 Å². The summed E-state index contributed by atoms with van der Waals surface area (Å²) in [6, 6.07) is 2.13. The topological polar surface area (TPSA) is 83.6 Å². The van der Waals surface area contributed by atoms with Crippen molar-refractivity contribution in [2.45, 2.75) is 30.3 Å². The van der Waals surface area contributed by atoms with E-state index in [1.165, 1.54) is 4.31 Å². The van der Waals surface area contributed by atoms with Gasteiger partial charge in [-0.15, -0.1) is 0 Å². The normalized spacial score (nSPS) is 24.8. The fourth-order valence-corrected chi connectivity index (χ4v) is 4.50. The van der Waals surface area contributed by atoms with Crippen LogP contribution in [-0.2, 0) is 10.0 Å². The van der Waals surface area contributed by atoms with E-state index in [2.05, 4.69) is 15.9 Å². The molecule has 2 rings (SSSR count). The van der Waals surface area contributed by atoms with Crippen LogP contribution in [0.4, 0.5) is 10.1 Å². The molecule has 0 aliphatic carbocycles. The molecular formula is C12H16BrFN2O3S. The molecular weight excluding hydrogens is 351 g/mol. The molecule has 0 radical (unpaired) electrons. The van der Waals surface area contributed by atoms with E-state index in [1.54, 1.807) is 6.92 Å². The number of anilines is 1. The molecule has 0 spiro atoms. The Morgan fingerprint density at radius 3 is 2.75 bits per heavy atom. The van der Waals surface area contributed by atoms with Crippen LogP contribution in [-0.4, -0.2) is 36.5 Å².